The van der Waals surface area contributed by atoms with Crippen LogP contribution in [-0.2, 0) is 10.0 Å². The number of methoxy groups -OCH3 is 1. The zero-order chi connectivity index (χ0) is 30.8. The summed E-state index contributed by atoms with van der Waals surface area (Å²) in [5.41, 5.74) is 3.08. The van der Waals surface area contributed by atoms with Gasteiger partial charge < -0.3 is 25.2 Å². The molecule has 2 aliphatic heterocycles. The summed E-state index contributed by atoms with van der Waals surface area (Å²) in [4.78, 5) is 17.2. The van der Waals surface area contributed by atoms with Crippen molar-refractivity contribution in [1.29, 1.82) is 0 Å². The van der Waals surface area contributed by atoms with Crippen molar-refractivity contribution in [3.05, 3.63) is 53.9 Å². The maximum Gasteiger partial charge on any atom is 0.244 e. The number of sulfonamides is 1. The zero-order valence-electron chi connectivity index (χ0n) is 25.7. The van der Waals surface area contributed by atoms with Crippen molar-refractivity contribution in [3.8, 4) is 5.75 Å². The van der Waals surface area contributed by atoms with Gasteiger partial charge in [0, 0.05) is 71.2 Å². The summed E-state index contributed by atoms with van der Waals surface area (Å²) in [6, 6.07) is 15.6. The molecular weight excluding hydrogens is 597 g/mol. The van der Waals surface area contributed by atoms with Gasteiger partial charge in [0.15, 0.2) is 5.82 Å². The Morgan fingerprint density at radius 3 is 2.41 bits per heavy atom. The lowest BCUT2D eigenvalue weighted by Crippen LogP contribution is -2.52. The van der Waals surface area contributed by atoms with Gasteiger partial charge in [0.05, 0.1) is 28.7 Å². The molecule has 0 unspecified atom stereocenters. The van der Waals surface area contributed by atoms with Gasteiger partial charge in [-0.15, -0.1) is 11.3 Å². The second-order valence-corrected chi connectivity index (χ2v) is 14.5. The Bertz CT molecular complexity index is 1710. The minimum atomic E-state index is -3.67. The molecule has 0 saturated carbocycles. The summed E-state index contributed by atoms with van der Waals surface area (Å²) in [7, 11) is 3.24. The largest absolute Gasteiger partial charge is 0.494 e. The van der Waals surface area contributed by atoms with Crippen molar-refractivity contribution in [1.82, 2.24) is 24.1 Å². The molecule has 0 amide bonds. The smallest absolute Gasteiger partial charge is 0.244 e. The number of anilines is 5. The number of fused-ring (bicyclic) bond motifs is 1. The third-order valence-electron chi connectivity index (χ3n) is 8.52. The molecule has 0 radical (unpaired) electrons. The molecule has 2 aliphatic rings. The highest BCUT2D eigenvalue weighted by atomic mass is 32.2. The van der Waals surface area contributed by atoms with E-state index in [2.05, 4.69) is 44.5 Å². The first-order chi connectivity index (χ1) is 21.2. The maximum absolute atomic E-state index is 13.0. The molecule has 234 valence electrons. The summed E-state index contributed by atoms with van der Waals surface area (Å²) in [5, 5.41) is 8.55. The number of hydrogen-bond donors (Lipinski definition) is 2. The SMILES string of the molecule is COc1cc(N2CCC(N3CCN(C)CC3)CC2)ccc1Nc1nc(Nc2ccccc2S(=O)(=O)N(C)C)c2sccc2n1. The second kappa shape index (κ2) is 12.9. The minimum absolute atomic E-state index is 0.174. The predicted octanol–water partition coefficient (Wildman–Crippen LogP) is 4.65. The van der Waals surface area contributed by atoms with E-state index in [0.29, 0.717) is 29.2 Å². The van der Waals surface area contributed by atoms with Gasteiger partial charge in [-0.25, -0.2) is 17.7 Å². The molecule has 44 heavy (non-hydrogen) atoms. The van der Waals surface area contributed by atoms with Crippen molar-refractivity contribution in [2.24, 2.45) is 0 Å². The number of piperidine rings is 1. The standard InChI is InChI=1S/C31H40N8O3S2/c1-36(2)44(40,41)28-8-6-5-7-25(28)32-30-29-26(13-20-43-29)34-31(35-30)33-24-10-9-23(21-27(24)42-4)38-14-11-22(12-15-38)39-18-16-37(3)17-19-39/h5-10,13,20-22H,11-12,14-19H2,1-4H3,(H2,32,33,34,35). The fraction of sp³-hybridized carbons (Fsp3) is 0.419. The fourth-order valence-electron chi connectivity index (χ4n) is 5.90. The van der Waals surface area contributed by atoms with E-state index < -0.39 is 10.0 Å². The van der Waals surface area contributed by atoms with E-state index >= 15 is 0 Å². The third kappa shape index (κ3) is 6.33. The average molecular weight is 637 g/mol. The van der Waals surface area contributed by atoms with Gasteiger partial charge in [-0.2, -0.15) is 4.98 Å². The topological polar surface area (TPSA) is 106 Å². The quantitative estimate of drug-likeness (QED) is 0.270. The molecule has 0 atom stereocenters. The van der Waals surface area contributed by atoms with Gasteiger partial charge in [0.1, 0.15) is 10.6 Å². The number of aromatic nitrogens is 2. The van der Waals surface area contributed by atoms with Crippen molar-refractivity contribution < 1.29 is 13.2 Å². The molecular formula is C31H40N8O3S2. The van der Waals surface area contributed by atoms with Gasteiger partial charge in [-0.1, -0.05) is 12.1 Å². The maximum atomic E-state index is 13.0. The van der Waals surface area contributed by atoms with Crippen LogP contribution in [0.5, 0.6) is 5.75 Å². The molecule has 2 saturated heterocycles. The van der Waals surface area contributed by atoms with Crippen LogP contribution in [-0.4, -0.2) is 106 Å². The van der Waals surface area contributed by atoms with E-state index in [1.165, 1.54) is 29.7 Å². The summed E-state index contributed by atoms with van der Waals surface area (Å²) in [6.07, 6.45) is 2.32. The Labute approximate surface area is 263 Å². The van der Waals surface area contributed by atoms with Gasteiger partial charge in [-0.05, 0) is 55.6 Å². The number of nitrogens with zero attached hydrogens (tertiary/aromatic N) is 6. The number of ether oxygens (including phenoxy) is 1. The first kappa shape index (κ1) is 30.5. The Morgan fingerprint density at radius 1 is 0.932 bits per heavy atom. The molecule has 0 aliphatic carbocycles. The number of likely N-dealkylation sites (N-methyl/N-ethyl adjacent to an activating group) is 1. The third-order valence-corrected chi connectivity index (χ3v) is 11.3. The van der Waals surface area contributed by atoms with Gasteiger partial charge >= 0.3 is 0 Å². The summed E-state index contributed by atoms with van der Waals surface area (Å²) >= 11 is 1.49. The minimum Gasteiger partial charge on any atom is -0.494 e. The summed E-state index contributed by atoms with van der Waals surface area (Å²) in [6.45, 7) is 6.66. The highest BCUT2D eigenvalue weighted by Crippen LogP contribution is 2.36. The molecule has 13 heteroatoms. The zero-order valence-corrected chi connectivity index (χ0v) is 27.3. The highest BCUT2D eigenvalue weighted by Gasteiger charge is 2.27. The van der Waals surface area contributed by atoms with E-state index in [9.17, 15) is 8.42 Å². The molecule has 4 heterocycles. The first-order valence-corrected chi connectivity index (χ1v) is 17.2. The molecule has 2 N–H and O–H groups in total. The van der Waals surface area contributed by atoms with Crippen LogP contribution >= 0.6 is 11.3 Å². The summed E-state index contributed by atoms with van der Waals surface area (Å²) < 4.78 is 33.8. The molecule has 2 aromatic heterocycles. The number of hydrogen-bond acceptors (Lipinski definition) is 11. The first-order valence-electron chi connectivity index (χ1n) is 14.9. The molecule has 0 spiro atoms. The highest BCUT2D eigenvalue weighted by molar-refractivity contribution is 7.89. The van der Waals surface area contributed by atoms with Crippen LogP contribution in [0, 0.1) is 0 Å². The number of piperazine rings is 1. The van der Waals surface area contributed by atoms with Crippen molar-refractivity contribution in [2.45, 2.75) is 23.8 Å². The lowest BCUT2D eigenvalue weighted by molar-refractivity contribution is 0.0982. The van der Waals surface area contributed by atoms with Crippen LogP contribution in [0.25, 0.3) is 10.2 Å². The Kier molecular flexibility index (Phi) is 8.92. The second-order valence-electron chi connectivity index (χ2n) is 11.5. The number of rotatable bonds is 9. The van der Waals surface area contributed by atoms with Crippen LogP contribution in [0.1, 0.15) is 12.8 Å². The van der Waals surface area contributed by atoms with E-state index in [1.807, 2.05) is 17.5 Å². The number of nitrogens with one attached hydrogen (secondary N) is 2. The van der Waals surface area contributed by atoms with Gasteiger partial charge in [0.25, 0.3) is 0 Å². The molecule has 0 bridgehead atoms. The van der Waals surface area contributed by atoms with E-state index in [1.54, 1.807) is 31.4 Å². The van der Waals surface area contributed by atoms with Crippen LogP contribution in [0.3, 0.4) is 0 Å². The van der Waals surface area contributed by atoms with E-state index in [0.717, 1.165) is 73.7 Å². The monoisotopic (exact) mass is 636 g/mol. The number of para-hydroxylation sites is 1. The fourth-order valence-corrected chi connectivity index (χ4v) is 7.72. The summed E-state index contributed by atoms with van der Waals surface area (Å²) in [5.74, 6) is 1.60. The van der Waals surface area contributed by atoms with Crippen LogP contribution < -0.4 is 20.3 Å². The van der Waals surface area contributed by atoms with Gasteiger partial charge in [-0.3, -0.25) is 4.90 Å². The lowest BCUT2D eigenvalue weighted by Gasteiger charge is -2.42. The number of thiophene rings is 1. The van der Waals surface area contributed by atoms with E-state index in [-0.39, 0.29) is 4.90 Å². The predicted molar refractivity (Wildman–Crippen MR) is 179 cm³/mol. The van der Waals surface area contributed by atoms with Crippen molar-refractivity contribution in [3.63, 3.8) is 0 Å². The Hall–Kier alpha value is -3.49. The Balaban J connectivity index is 1.20. The van der Waals surface area contributed by atoms with Crippen LogP contribution in [0.15, 0.2) is 58.8 Å². The van der Waals surface area contributed by atoms with Gasteiger partial charge in [0.2, 0.25) is 16.0 Å². The Morgan fingerprint density at radius 2 is 1.68 bits per heavy atom. The van der Waals surface area contributed by atoms with E-state index in [4.69, 9.17) is 14.7 Å². The molecule has 6 rings (SSSR count). The van der Waals surface area contributed by atoms with Crippen molar-refractivity contribution in [2.75, 3.05) is 83.1 Å². The van der Waals surface area contributed by atoms with Crippen LogP contribution in [0.4, 0.5) is 28.8 Å². The normalized spacial score (nSPS) is 17.3. The number of benzene rings is 2. The molecule has 11 nitrogen and oxygen atoms in total. The lowest BCUT2D eigenvalue weighted by atomic mass is 10.0. The molecule has 2 fully saturated rings. The van der Waals surface area contributed by atoms with Crippen LogP contribution in [0.2, 0.25) is 0 Å². The average Bonchev–Trinajstić information content (AvgIpc) is 3.51. The molecule has 4 aromatic rings. The molecule has 2 aromatic carbocycles. The van der Waals surface area contributed by atoms with Crippen molar-refractivity contribution >= 4 is 60.4 Å².